The Morgan fingerprint density at radius 1 is 1.31 bits per heavy atom. The van der Waals surface area contributed by atoms with Gasteiger partial charge in [-0.2, -0.15) is 5.10 Å². The molecule has 7 heteroatoms. The lowest BCUT2D eigenvalue weighted by molar-refractivity contribution is 0.133. The maximum atomic E-state index is 13.9. The van der Waals surface area contributed by atoms with E-state index in [4.69, 9.17) is 9.84 Å². The molecule has 2 atom stereocenters. The Bertz CT molecular complexity index is 918. The van der Waals surface area contributed by atoms with Crippen LogP contribution in [0.5, 0.6) is 5.75 Å². The fraction of sp³-hybridized carbons (Fsp3) is 0.364. The zero-order valence-corrected chi connectivity index (χ0v) is 16.6. The first-order chi connectivity index (χ1) is 14.1. The van der Waals surface area contributed by atoms with Gasteiger partial charge in [0.15, 0.2) is 0 Å². The molecule has 152 valence electrons. The maximum Gasteiger partial charge on any atom is 0.340 e. The molecular weight excluding hydrogens is 371 g/mol. The van der Waals surface area contributed by atoms with E-state index in [1.807, 2.05) is 37.4 Å². The first-order valence-corrected chi connectivity index (χ1v) is 9.85. The Morgan fingerprint density at radius 3 is 2.86 bits per heavy atom. The van der Waals surface area contributed by atoms with Crippen molar-refractivity contribution >= 4 is 11.7 Å². The second kappa shape index (κ2) is 8.21. The van der Waals surface area contributed by atoms with Crippen LogP contribution in [0.25, 0.3) is 0 Å². The van der Waals surface area contributed by atoms with Gasteiger partial charge in [0.1, 0.15) is 11.6 Å². The van der Waals surface area contributed by atoms with Gasteiger partial charge >= 0.3 is 6.03 Å². The Morgan fingerprint density at radius 2 is 2.10 bits per heavy atom. The Balaban J connectivity index is 1.70. The number of amides is 2. The molecule has 0 aromatic heterocycles. The van der Waals surface area contributed by atoms with Gasteiger partial charge in [-0.15, -0.1) is 0 Å². The van der Waals surface area contributed by atoms with Crippen LogP contribution < -0.4 is 10.1 Å². The van der Waals surface area contributed by atoms with Crippen molar-refractivity contribution in [3.63, 3.8) is 0 Å². The van der Waals surface area contributed by atoms with Crippen LogP contribution in [-0.4, -0.2) is 55.4 Å². The predicted molar refractivity (Wildman–Crippen MR) is 110 cm³/mol. The number of hydrazone groups is 1. The number of halogens is 1. The molecule has 0 spiro atoms. The monoisotopic (exact) mass is 396 g/mol. The van der Waals surface area contributed by atoms with Gasteiger partial charge in [0, 0.05) is 19.2 Å². The molecule has 2 amide bonds. The lowest BCUT2D eigenvalue weighted by Gasteiger charge is -2.31. The normalized spacial score (nSPS) is 19.8. The molecule has 4 rings (SSSR count). The van der Waals surface area contributed by atoms with E-state index in [-0.39, 0.29) is 23.8 Å². The average Bonchev–Trinajstić information content (AvgIpc) is 3.14. The van der Waals surface area contributed by atoms with E-state index in [0.717, 1.165) is 18.5 Å². The molecule has 2 aliphatic rings. The van der Waals surface area contributed by atoms with Gasteiger partial charge in [-0.3, -0.25) is 0 Å². The van der Waals surface area contributed by atoms with Crippen LogP contribution in [0.4, 0.5) is 9.18 Å². The number of nitrogens with one attached hydrogen (secondary N) is 1. The van der Waals surface area contributed by atoms with Crippen molar-refractivity contribution in [1.29, 1.82) is 0 Å². The minimum Gasteiger partial charge on any atom is -0.492 e. The highest BCUT2D eigenvalue weighted by Gasteiger charge is 2.45. The lowest BCUT2D eigenvalue weighted by atomic mass is 9.86. The Hall–Kier alpha value is -2.93. The summed E-state index contributed by atoms with van der Waals surface area (Å²) in [7, 11) is 3.67. The van der Waals surface area contributed by atoms with Gasteiger partial charge in [-0.1, -0.05) is 30.3 Å². The molecule has 2 aliphatic heterocycles. The molecule has 0 bridgehead atoms. The maximum absolute atomic E-state index is 13.9. The fourth-order valence-electron chi connectivity index (χ4n) is 3.95. The Labute approximate surface area is 170 Å². The largest absolute Gasteiger partial charge is 0.492 e. The molecule has 2 aromatic carbocycles. The second-order valence-corrected chi connectivity index (χ2v) is 7.40. The zero-order valence-electron chi connectivity index (χ0n) is 16.6. The summed E-state index contributed by atoms with van der Waals surface area (Å²) in [4.78, 5) is 14.9. The van der Waals surface area contributed by atoms with E-state index in [9.17, 15) is 9.18 Å². The van der Waals surface area contributed by atoms with Crippen molar-refractivity contribution in [2.45, 2.75) is 12.5 Å². The highest BCUT2D eigenvalue weighted by Crippen LogP contribution is 2.42. The van der Waals surface area contributed by atoms with Crippen molar-refractivity contribution in [3.8, 4) is 5.75 Å². The van der Waals surface area contributed by atoms with Gasteiger partial charge < -0.3 is 15.0 Å². The summed E-state index contributed by atoms with van der Waals surface area (Å²) in [6.07, 6.45) is 0.847. The van der Waals surface area contributed by atoms with Crippen LogP contribution in [0, 0.1) is 11.7 Å². The molecule has 1 N–H and O–H groups in total. The summed E-state index contributed by atoms with van der Waals surface area (Å²) in [5.74, 6) is 0.104. The van der Waals surface area contributed by atoms with E-state index in [0.29, 0.717) is 30.2 Å². The van der Waals surface area contributed by atoms with Crippen molar-refractivity contribution in [2.75, 3.05) is 33.8 Å². The fourth-order valence-corrected chi connectivity index (χ4v) is 3.95. The number of benzene rings is 2. The number of carbonyl (C=O) groups is 1. The van der Waals surface area contributed by atoms with Gasteiger partial charge in [0.05, 0.1) is 24.3 Å². The topological polar surface area (TPSA) is 57.2 Å². The summed E-state index contributed by atoms with van der Waals surface area (Å²) >= 11 is 0. The smallest absolute Gasteiger partial charge is 0.340 e. The Kier molecular flexibility index (Phi) is 5.49. The highest BCUT2D eigenvalue weighted by atomic mass is 19.1. The molecular formula is C22H25FN4O2. The lowest BCUT2D eigenvalue weighted by Crippen LogP contribution is -2.41. The quantitative estimate of drug-likeness (QED) is 0.790. The van der Waals surface area contributed by atoms with E-state index in [2.05, 4.69) is 5.32 Å². The van der Waals surface area contributed by atoms with Crippen LogP contribution in [-0.2, 0) is 0 Å². The molecule has 0 unspecified atom stereocenters. The molecule has 29 heavy (non-hydrogen) atoms. The molecule has 6 nitrogen and oxygen atoms in total. The van der Waals surface area contributed by atoms with E-state index < -0.39 is 0 Å². The minimum atomic E-state index is -0.346. The first-order valence-electron chi connectivity index (χ1n) is 9.85. The molecule has 0 saturated heterocycles. The number of carbonyl (C=O) groups excluding carboxylic acids is 1. The number of hydrogen-bond acceptors (Lipinski definition) is 4. The number of rotatable bonds is 5. The molecule has 2 heterocycles. The third-order valence-corrected chi connectivity index (χ3v) is 5.43. The SMILES string of the molecule is CNCCCN(C)C(=O)N1N=C2c3cc(F)ccc3OC[C@@H]2[C@@H]1c1ccccc1. The summed E-state index contributed by atoms with van der Waals surface area (Å²) in [5.41, 5.74) is 2.31. The minimum absolute atomic E-state index is 0.152. The van der Waals surface area contributed by atoms with Crippen molar-refractivity contribution < 1.29 is 13.9 Å². The third-order valence-electron chi connectivity index (χ3n) is 5.43. The average molecular weight is 396 g/mol. The summed E-state index contributed by atoms with van der Waals surface area (Å²) < 4.78 is 19.8. The first kappa shape index (κ1) is 19.4. The molecule has 0 fully saturated rings. The van der Waals surface area contributed by atoms with Crippen LogP contribution in [0.2, 0.25) is 0 Å². The summed E-state index contributed by atoms with van der Waals surface area (Å²) in [5, 5.41) is 9.33. The number of hydrogen-bond donors (Lipinski definition) is 1. The van der Waals surface area contributed by atoms with Crippen LogP contribution >= 0.6 is 0 Å². The molecule has 0 saturated carbocycles. The molecule has 0 radical (unpaired) electrons. The predicted octanol–water partition coefficient (Wildman–Crippen LogP) is 3.26. The van der Waals surface area contributed by atoms with Gasteiger partial charge in [-0.05, 0) is 43.8 Å². The van der Waals surface area contributed by atoms with E-state index >= 15 is 0 Å². The number of urea groups is 1. The summed E-state index contributed by atoms with van der Waals surface area (Å²) in [6, 6.07) is 13.8. The zero-order chi connectivity index (χ0) is 20.4. The van der Waals surface area contributed by atoms with E-state index in [1.165, 1.54) is 17.1 Å². The third kappa shape index (κ3) is 3.70. The van der Waals surface area contributed by atoms with Gasteiger partial charge in [-0.25, -0.2) is 14.2 Å². The van der Waals surface area contributed by atoms with Crippen molar-refractivity contribution in [3.05, 3.63) is 65.5 Å². The molecule has 0 aliphatic carbocycles. The second-order valence-electron chi connectivity index (χ2n) is 7.40. The van der Waals surface area contributed by atoms with Crippen LogP contribution in [0.1, 0.15) is 23.6 Å². The summed E-state index contributed by atoms with van der Waals surface area (Å²) in [6.45, 7) is 1.84. The van der Waals surface area contributed by atoms with Gasteiger partial charge in [0.2, 0.25) is 0 Å². The standard InChI is InChI=1S/C22H25FN4O2/c1-24-11-6-12-26(2)22(28)27-21(15-7-4-3-5-8-15)18-14-29-19-10-9-16(23)13-17(19)20(18)25-27/h3-5,7-10,13,18,21,24H,6,11-12,14H2,1-2H3/t18-,21-/m0/s1. The highest BCUT2D eigenvalue weighted by molar-refractivity contribution is 6.07. The molecule has 2 aromatic rings. The van der Waals surface area contributed by atoms with Crippen LogP contribution in [0.15, 0.2) is 53.6 Å². The van der Waals surface area contributed by atoms with Gasteiger partial charge in [0.25, 0.3) is 0 Å². The van der Waals surface area contributed by atoms with Crippen molar-refractivity contribution in [2.24, 2.45) is 11.0 Å². The number of fused-ring (bicyclic) bond motifs is 3. The number of nitrogens with zero attached hydrogens (tertiary/aromatic N) is 3. The van der Waals surface area contributed by atoms with Crippen LogP contribution in [0.3, 0.4) is 0 Å². The van der Waals surface area contributed by atoms with E-state index in [1.54, 1.807) is 18.0 Å². The number of ether oxygens (including phenoxy) is 1. The van der Waals surface area contributed by atoms with Crippen molar-refractivity contribution in [1.82, 2.24) is 15.2 Å².